The molecule has 0 spiro atoms. The van der Waals surface area contributed by atoms with Gasteiger partial charge in [-0.15, -0.1) is 0 Å². The lowest BCUT2D eigenvalue weighted by atomic mass is 10.1. The summed E-state index contributed by atoms with van der Waals surface area (Å²) >= 11 is 0. The molecule has 4 N–H and O–H groups in total. The van der Waals surface area contributed by atoms with Gasteiger partial charge in [-0.3, -0.25) is 4.90 Å². The van der Waals surface area contributed by atoms with Gasteiger partial charge >= 0.3 is 5.96 Å². The predicted octanol–water partition coefficient (Wildman–Crippen LogP) is -1.32. The fraction of sp³-hybridized carbons (Fsp3) is 0.500. The smallest absolute Gasteiger partial charge is 0.359 e. The van der Waals surface area contributed by atoms with Crippen molar-refractivity contribution in [3.05, 3.63) is 29.5 Å². The highest BCUT2D eigenvalue weighted by atomic mass is 16.5. The van der Waals surface area contributed by atoms with Crippen LogP contribution in [0.2, 0.25) is 0 Å². The second kappa shape index (κ2) is 6.93. The lowest BCUT2D eigenvalue weighted by Crippen LogP contribution is -3.24. The fourth-order valence-electron chi connectivity index (χ4n) is 3.47. The van der Waals surface area contributed by atoms with Crippen LogP contribution in [0.3, 0.4) is 0 Å². The number of anilines is 1. The van der Waals surface area contributed by atoms with Gasteiger partial charge in [-0.2, -0.15) is 4.98 Å². The molecule has 1 unspecified atom stereocenters. The van der Waals surface area contributed by atoms with Gasteiger partial charge < -0.3 is 4.74 Å². The minimum absolute atomic E-state index is 0.406. The van der Waals surface area contributed by atoms with E-state index in [0.29, 0.717) is 12.1 Å². The molecular weight excluding hydrogens is 316 g/mol. The normalized spacial score (nSPS) is 23.4. The van der Waals surface area contributed by atoms with E-state index in [1.807, 2.05) is 13.0 Å². The van der Waals surface area contributed by atoms with Crippen molar-refractivity contribution in [2.24, 2.45) is 0 Å². The molecule has 1 aromatic carbocycles. The Balaban J connectivity index is 1.43. The largest absolute Gasteiger partial charge is 0.372 e. The van der Waals surface area contributed by atoms with Gasteiger partial charge in [0.1, 0.15) is 12.6 Å². The minimum Gasteiger partial charge on any atom is -0.372 e. The van der Waals surface area contributed by atoms with Crippen molar-refractivity contribution < 1.29 is 14.6 Å². The molecule has 2 aliphatic rings. The average Bonchev–Trinajstić information content (AvgIpc) is 3.10. The second-order valence-corrected chi connectivity index (χ2v) is 6.95. The van der Waals surface area contributed by atoms with Gasteiger partial charge in [0.05, 0.1) is 11.2 Å². The third-order valence-electron chi connectivity index (χ3n) is 4.85. The monoisotopic (exact) mass is 342 g/mol. The number of ether oxygens (including phenoxy) is 1. The Morgan fingerprint density at radius 1 is 1.36 bits per heavy atom. The fourth-order valence-corrected chi connectivity index (χ4v) is 3.47. The molecule has 0 saturated carbocycles. The van der Waals surface area contributed by atoms with Crippen molar-refractivity contribution in [1.29, 1.82) is 0 Å². The molecule has 2 atom stereocenters. The van der Waals surface area contributed by atoms with Crippen LogP contribution >= 0.6 is 0 Å². The van der Waals surface area contributed by atoms with E-state index < -0.39 is 0 Å². The number of aromatic nitrogens is 2. The van der Waals surface area contributed by atoms with E-state index in [4.69, 9.17) is 4.74 Å². The standard InChI is InChI=1S/C18H24N6O/c1-12-5-6-16-15(8-12)13(2)21-18(22-16)23-17-19-10-24(11-20-17)9-14-4-3-7-25-14/h5-6,8,14H,3-4,7,9-11H2,1-2H3,(H2,19,20,21,22,23)/p+2/t14-/m1/s1. The maximum atomic E-state index is 5.72. The van der Waals surface area contributed by atoms with E-state index in [9.17, 15) is 0 Å². The summed E-state index contributed by atoms with van der Waals surface area (Å²) in [6.45, 7) is 7.78. The summed E-state index contributed by atoms with van der Waals surface area (Å²) in [7, 11) is 0. The summed E-state index contributed by atoms with van der Waals surface area (Å²) < 4.78 is 5.72. The molecule has 0 amide bonds. The molecule has 7 nitrogen and oxygen atoms in total. The molecule has 25 heavy (non-hydrogen) atoms. The average molecular weight is 342 g/mol. The summed E-state index contributed by atoms with van der Waals surface area (Å²) in [5.74, 6) is 1.48. The van der Waals surface area contributed by atoms with Gasteiger partial charge in [0, 0.05) is 12.0 Å². The summed E-state index contributed by atoms with van der Waals surface area (Å²) in [4.78, 5) is 14.1. The van der Waals surface area contributed by atoms with Crippen LogP contribution in [0.5, 0.6) is 0 Å². The summed E-state index contributed by atoms with van der Waals surface area (Å²) in [5, 5.41) is 7.76. The molecule has 0 aliphatic carbocycles. The van der Waals surface area contributed by atoms with E-state index >= 15 is 0 Å². The van der Waals surface area contributed by atoms with Crippen LogP contribution in [-0.4, -0.2) is 48.5 Å². The van der Waals surface area contributed by atoms with Crippen molar-refractivity contribution in [3.8, 4) is 0 Å². The summed E-state index contributed by atoms with van der Waals surface area (Å²) in [6, 6.07) is 6.25. The molecule has 132 valence electrons. The van der Waals surface area contributed by atoms with E-state index in [1.54, 1.807) is 0 Å². The number of nitrogens with zero attached hydrogens (tertiary/aromatic N) is 2. The highest BCUT2D eigenvalue weighted by molar-refractivity contribution is 5.89. The molecule has 2 aromatic rings. The molecule has 1 aromatic heterocycles. The number of nitrogens with one attached hydrogen (secondary N) is 4. The number of benzene rings is 1. The van der Waals surface area contributed by atoms with Crippen LogP contribution in [0.25, 0.3) is 10.9 Å². The summed E-state index contributed by atoms with van der Waals surface area (Å²) in [5.41, 5.74) is 3.17. The highest BCUT2D eigenvalue weighted by Gasteiger charge is 2.26. The van der Waals surface area contributed by atoms with Crippen LogP contribution in [-0.2, 0) is 4.74 Å². The van der Waals surface area contributed by atoms with Crippen LogP contribution < -0.4 is 20.5 Å². The van der Waals surface area contributed by atoms with Crippen LogP contribution in [0.15, 0.2) is 18.2 Å². The van der Waals surface area contributed by atoms with Crippen LogP contribution in [0.4, 0.5) is 5.95 Å². The van der Waals surface area contributed by atoms with Crippen molar-refractivity contribution in [3.63, 3.8) is 0 Å². The van der Waals surface area contributed by atoms with E-state index in [-0.39, 0.29) is 0 Å². The third-order valence-corrected chi connectivity index (χ3v) is 4.85. The van der Waals surface area contributed by atoms with Crippen molar-refractivity contribution >= 4 is 22.8 Å². The molecule has 3 heterocycles. The molecular formula is C18H26N6O+2. The molecule has 0 radical (unpaired) electrons. The highest BCUT2D eigenvalue weighted by Crippen LogP contribution is 2.18. The lowest BCUT2D eigenvalue weighted by molar-refractivity contribution is -0.982. The van der Waals surface area contributed by atoms with E-state index in [0.717, 1.165) is 49.0 Å². The van der Waals surface area contributed by atoms with Gasteiger partial charge in [-0.25, -0.2) is 20.6 Å². The lowest BCUT2D eigenvalue weighted by Gasteiger charge is -2.22. The zero-order chi connectivity index (χ0) is 17.2. The first-order chi connectivity index (χ1) is 12.2. The van der Waals surface area contributed by atoms with Crippen molar-refractivity contribution in [2.45, 2.75) is 32.8 Å². The van der Waals surface area contributed by atoms with Crippen molar-refractivity contribution in [2.75, 3.05) is 31.8 Å². The number of hydrogen-bond acceptors (Lipinski definition) is 5. The molecule has 0 bridgehead atoms. The topological polar surface area (TPSA) is 77.5 Å². The van der Waals surface area contributed by atoms with Gasteiger partial charge in [0.2, 0.25) is 0 Å². The van der Waals surface area contributed by atoms with E-state index in [2.05, 4.69) is 44.7 Å². The Morgan fingerprint density at radius 2 is 2.28 bits per heavy atom. The first-order valence-corrected chi connectivity index (χ1v) is 8.99. The zero-order valence-electron chi connectivity index (χ0n) is 14.9. The van der Waals surface area contributed by atoms with Gasteiger partial charge in [0.15, 0.2) is 13.3 Å². The number of rotatable bonds is 3. The Labute approximate surface area is 147 Å². The SMILES string of the molecule is Cc1ccc2nc(NC3=[NH+]C[NH+](C[C@H]4CCCO4)CN3)nc(C)c2c1. The quantitative estimate of drug-likeness (QED) is 0.557. The number of guanidine groups is 1. The molecule has 2 aliphatic heterocycles. The number of hydrogen-bond donors (Lipinski definition) is 4. The Morgan fingerprint density at radius 3 is 3.04 bits per heavy atom. The Hall–Kier alpha value is -2.25. The first-order valence-electron chi connectivity index (χ1n) is 8.99. The number of quaternary nitrogens is 1. The number of fused-ring (bicyclic) bond motifs is 1. The number of aryl methyl sites for hydroxylation is 2. The van der Waals surface area contributed by atoms with Gasteiger partial charge in [-0.1, -0.05) is 11.6 Å². The molecule has 1 fully saturated rings. The maximum Gasteiger partial charge on any atom is 0.359 e. The summed E-state index contributed by atoms with van der Waals surface area (Å²) in [6.07, 6.45) is 2.78. The molecule has 7 heteroatoms. The zero-order valence-corrected chi connectivity index (χ0v) is 14.9. The predicted molar refractivity (Wildman–Crippen MR) is 96.3 cm³/mol. The third kappa shape index (κ3) is 3.72. The second-order valence-electron chi connectivity index (χ2n) is 6.95. The van der Waals surface area contributed by atoms with Gasteiger partial charge in [0.25, 0.3) is 5.95 Å². The molecule has 1 saturated heterocycles. The maximum absolute atomic E-state index is 5.72. The van der Waals surface area contributed by atoms with Gasteiger partial charge in [-0.05, 0) is 38.8 Å². The molecule has 4 rings (SSSR count). The minimum atomic E-state index is 0.406. The Bertz CT molecular complexity index is 799. The first kappa shape index (κ1) is 16.2. The van der Waals surface area contributed by atoms with Crippen molar-refractivity contribution in [1.82, 2.24) is 15.3 Å². The van der Waals surface area contributed by atoms with E-state index in [1.165, 1.54) is 23.3 Å². The Kier molecular flexibility index (Phi) is 4.50. The van der Waals surface area contributed by atoms with Crippen LogP contribution in [0.1, 0.15) is 24.1 Å². The van der Waals surface area contributed by atoms with Crippen LogP contribution in [0, 0.1) is 13.8 Å².